The summed E-state index contributed by atoms with van der Waals surface area (Å²) in [7, 11) is 0. The van der Waals surface area contributed by atoms with E-state index in [-0.39, 0.29) is 24.1 Å². The molecule has 2 rings (SSSR count). The molecule has 1 N–H and O–H groups in total. The molecule has 0 saturated heterocycles. The van der Waals surface area contributed by atoms with Gasteiger partial charge in [0.1, 0.15) is 11.2 Å². The molecule has 2 aromatic rings. The average Bonchev–Trinajstić information content (AvgIpc) is 2.91. The Morgan fingerprint density at radius 3 is 2.52 bits per heavy atom. The van der Waals surface area contributed by atoms with Crippen molar-refractivity contribution in [3.05, 3.63) is 32.3 Å². The van der Waals surface area contributed by atoms with Crippen LogP contribution in [0.3, 0.4) is 0 Å². The van der Waals surface area contributed by atoms with Crippen LogP contribution in [0.15, 0.2) is 21.0 Å². The number of fused-ring (bicyclic) bond motifs is 1. The summed E-state index contributed by atoms with van der Waals surface area (Å²) in [5.74, 6) is 0.154. The normalized spacial score (nSPS) is 11.6. The Hall–Kier alpha value is -1.89. The third-order valence-corrected chi connectivity index (χ3v) is 4.41. The molecule has 0 aliphatic carbocycles. The molecule has 0 bridgehead atoms. The smallest absolute Gasteiger partial charge is 0.332 e. The van der Waals surface area contributed by atoms with Gasteiger partial charge in [0.15, 0.2) is 0 Å². The molecule has 2 aromatic heterocycles. The third kappa shape index (κ3) is 3.90. The van der Waals surface area contributed by atoms with Gasteiger partial charge in [0.25, 0.3) is 5.56 Å². The molecular weight excluding hydrogens is 314 g/mol. The summed E-state index contributed by atoms with van der Waals surface area (Å²) in [6, 6.07) is 1.72. The molecule has 0 unspecified atom stereocenters. The first kappa shape index (κ1) is 17.5. The average molecular weight is 337 g/mol. The minimum Gasteiger partial charge on any atom is -0.352 e. The van der Waals surface area contributed by atoms with Crippen molar-refractivity contribution in [1.82, 2.24) is 14.5 Å². The summed E-state index contributed by atoms with van der Waals surface area (Å²) in [5, 5.41) is 4.55. The van der Waals surface area contributed by atoms with Crippen LogP contribution in [0.25, 0.3) is 10.2 Å². The standard InChI is InChI=1S/C16H23N3O3S/c1-10(2)5-7-18-15(21)14-12(6-8-23-14)19(16(18)22)9-13(20)17-11(3)4/h6,8,10-11H,5,7,9H2,1-4H3,(H,17,20). The highest BCUT2D eigenvalue weighted by molar-refractivity contribution is 7.17. The Morgan fingerprint density at radius 2 is 1.91 bits per heavy atom. The van der Waals surface area contributed by atoms with Crippen molar-refractivity contribution in [2.45, 2.75) is 53.2 Å². The maximum atomic E-state index is 12.7. The second kappa shape index (κ2) is 7.12. The van der Waals surface area contributed by atoms with Crippen LogP contribution >= 0.6 is 11.3 Å². The fourth-order valence-electron chi connectivity index (χ4n) is 2.38. The number of aromatic nitrogens is 2. The first-order valence-electron chi connectivity index (χ1n) is 7.81. The molecule has 0 radical (unpaired) electrons. The maximum Gasteiger partial charge on any atom is 0.332 e. The van der Waals surface area contributed by atoms with Gasteiger partial charge in [-0.05, 0) is 37.6 Å². The molecule has 7 heteroatoms. The predicted molar refractivity (Wildman–Crippen MR) is 93.1 cm³/mol. The van der Waals surface area contributed by atoms with E-state index in [1.54, 1.807) is 11.4 Å². The lowest BCUT2D eigenvalue weighted by Gasteiger charge is -2.14. The van der Waals surface area contributed by atoms with E-state index in [2.05, 4.69) is 5.32 Å². The Bertz CT molecular complexity index is 814. The van der Waals surface area contributed by atoms with Gasteiger partial charge in [0.2, 0.25) is 5.91 Å². The van der Waals surface area contributed by atoms with Crippen LogP contribution in [-0.4, -0.2) is 21.1 Å². The lowest BCUT2D eigenvalue weighted by molar-refractivity contribution is -0.122. The molecule has 0 spiro atoms. The third-order valence-electron chi connectivity index (χ3n) is 3.52. The number of nitrogens with one attached hydrogen (secondary N) is 1. The largest absolute Gasteiger partial charge is 0.352 e. The highest BCUT2D eigenvalue weighted by Crippen LogP contribution is 2.15. The molecular formula is C16H23N3O3S. The Labute approximate surface area is 138 Å². The van der Waals surface area contributed by atoms with E-state index < -0.39 is 5.69 Å². The van der Waals surface area contributed by atoms with E-state index in [0.29, 0.717) is 22.7 Å². The fourth-order valence-corrected chi connectivity index (χ4v) is 3.22. The van der Waals surface area contributed by atoms with Crippen LogP contribution in [0.5, 0.6) is 0 Å². The topological polar surface area (TPSA) is 73.1 Å². The van der Waals surface area contributed by atoms with Crippen LogP contribution in [0.2, 0.25) is 0 Å². The van der Waals surface area contributed by atoms with Crippen LogP contribution in [0.1, 0.15) is 34.1 Å². The van der Waals surface area contributed by atoms with E-state index >= 15 is 0 Å². The quantitative estimate of drug-likeness (QED) is 0.873. The van der Waals surface area contributed by atoms with Crippen LogP contribution < -0.4 is 16.6 Å². The minimum absolute atomic E-state index is 0.00279. The van der Waals surface area contributed by atoms with E-state index in [9.17, 15) is 14.4 Å². The van der Waals surface area contributed by atoms with E-state index in [1.807, 2.05) is 27.7 Å². The van der Waals surface area contributed by atoms with Crippen molar-refractivity contribution in [3.63, 3.8) is 0 Å². The number of carbonyl (C=O) groups excluding carboxylic acids is 1. The zero-order valence-corrected chi connectivity index (χ0v) is 14.8. The Kier molecular flexibility index (Phi) is 5.41. The van der Waals surface area contributed by atoms with Crippen LogP contribution in [0.4, 0.5) is 0 Å². The Morgan fingerprint density at radius 1 is 1.22 bits per heavy atom. The molecule has 0 aliphatic heterocycles. The molecule has 0 fully saturated rings. The maximum absolute atomic E-state index is 12.7. The SMILES string of the molecule is CC(C)CCn1c(=O)c2sccc2n(CC(=O)NC(C)C)c1=O. The second-order valence-corrected chi connectivity index (χ2v) is 7.28. The summed E-state index contributed by atoms with van der Waals surface area (Å²) < 4.78 is 3.16. The van der Waals surface area contributed by atoms with E-state index in [1.165, 1.54) is 20.5 Å². The van der Waals surface area contributed by atoms with Crippen molar-refractivity contribution in [2.24, 2.45) is 5.92 Å². The van der Waals surface area contributed by atoms with E-state index in [0.717, 1.165) is 6.42 Å². The number of thiophene rings is 1. The summed E-state index contributed by atoms with van der Waals surface area (Å²) in [5.41, 5.74) is -0.147. The summed E-state index contributed by atoms with van der Waals surface area (Å²) in [4.78, 5) is 37.2. The van der Waals surface area contributed by atoms with Gasteiger partial charge in [-0.15, -0.1) is 11.3 Å². The number of nitrogens with zero attached hydrogens (tertiary/aromatic N) is 2. The lowest BCUT2D eigenvalue weighted by Crippen LogP contribution is -2.43. The van der Waals surface area contributed by atoms with Crippen molar-refractivity contribution >= 4 is 27.5 Å². The zero-order chi connectivity index (χ0) is 17.1. The number of hydrogen-bond acceptors (Lipinski definition) is 4. The predicted octanol–water partition coefficient (Wildman–Crippen LogP) is 1.80. The van der Waals surface area contributed by atoms with Crippen LogP contribution in [-0.2, 0) is 17.9 Å². The number of amides is 1. The zero-order valence-electron chi connectivity index (χ0n) is 14.0. The molecule has 6 nitrogen and oxygen atoms in total. The number of carbonyl (C=O) groups is 1. The van der Waals surface area contributed by atoms with Gasteiger partial charge in [0, 0.05) is 12.6 Å². The minimum atomic E-state index is -0.416. The number of rotatable bonds is 6. The first-order valence-corrected chi connectivity index (χ1v) is 8.69. The van der Waals surface area contributed by atoms with Crippen molar-refractivity contribution in [2.75, 3.05) is 0 Å². The first-order chi connectivity index (χ1) is 10.8. The number of hydrogen-bond donors (Lipinski definition) is 1. The lowest BCUT2D eigenvalue weighted by atomic mass is 10.1. The van der Waals surface area contributed by atoms with Gasteiger partial charge in [-0.2, -0.15) is 0 Å². The van der Waals surface area contributed by atoms with Gasteiger partial charge in [-0.1, -0.05) is 13.8 Å². The molecule has 126 valence electrons. The highest BCUT2D eigenvalue weighted by Gasteiger charge is 2.16. The molecule has 0 saturated carbocycles. The van der Waals surface area contributed by atoms with Gasteiger partial charge >= 0.3 is 5.69 Å². The molecule has 2 heterocycles. The van der Waals surface area contributed by atoms with Gasteiger partial charge in [0.05, 0.1) is 5.52 Å². The molecule has 1 amide bonds. The molecule has 23 heavy (non-hydrogen) atoms. The summed E-state index contributed by atoms with van der Waals surface area (Å²) in [6.45, 7) is 8.11. The highest BCUT2D eigenvalue weighted by atomic mass is 32.1. The monoisotopic (exact) mass is 337 g/mol. The summed E-state index contributed by atoms with van der Waals surface area (Å²) in [6.07, 6.45) is 0.740. The van der Waals surface area contributed by atoms with Gasteiger partial charge in [-0.25, -0.2) is 4.79 Å². The van der Waals surface area contributed by atoms with Gasteiger partial charge < -0.3 is 5.32 Å². The van der Waals surface area contributed by atoms with Crippen molar-refractivity contribution in [1.29, 1.82) is 0 Å². The van der Waals surface area contributed by atoms with Crippen molar-refractivity contribution < 1.29 is 4.79 Å². The van der Waals surface area contributed by atoms with Gasteiger partial charge in [-0.3, -0.25) is 18.7 Å². The molecule has 0 atom stereocenters. The molecule has 0 aliphatic rings. The van der Waals surface area contributed by atoms with Crippen LogP contribution in [0, 0.1) is 5.92 Å². The Balaban J connectivity index is 2.50. The summed E-state index contributed by atoms with van der Waals surface area (Å²) >= 11 is 1.30. The molecule has 0 aromatic carbocycles. The van der Waals surface area contributed by atoms with E-state index in [4.69, 9.17) is 0 Å². The second-order valence-electron chi connectivity index (χ2n) is 6.37. The fraction of sp³-hybridized carbons (Fsp3) is 0.562. The van der Waals surface area contributed by atoms with Crippen molar-refractivity contribution in [3.8, 4) is 0 Å².